The van der Waals surface area contributed by atoms with Crippen LogP contribution in [0.2, 0.25) is 0 Å². The van der Waals surface area contributed by atoms with E-state index >= 15 is 0 Å². The van der Waals surface area contributed by atoms with Crippen molar-refractivity contribution in [2.24, 2.45) is 0 Å². The lowest BCUT2D eigenvalue weighted by Gasteiger charge is -2.06. The van der Waals surface area contributed by atoms with Crippen molar-refractivity contribution in [2.75, 3.05) is 0 Å². The number of aromatic nitrogens is 1. The number of aryl methyl sites for hydroxylation is 1. The molecular formula is C16H11BrF3NO2S. The van der Waals surface area contributed by atoms with E-state index in [4.69, 9.17) is 0 Å². The number of rotatable bonds is 2. The molecule has 3 aromatic rings. The SMILES string of the molecule is Cc1c(S(=O)(=O)c2cccc(Br)c2)[nH]c2ccc(C(F)(F)F)cc12. The summed E-state index contributed by atoms with van der Waals surface area (Å²) < 4.78 is 64.8. The molecule has 0 saturated carbocycles. The number of aromatic amines is 1. The Hall–Kier alpha value is -1.80. The zero-order chi connectivity index (χ0) is 17.7. The van der Waals surface area contributed by atoms with Crippen LogP contribution in [0.5, 0.6) is 0 Å². The third-order valence-electron chi connectivity index (χ3n) is 3.71. The monoisotopic (exact) mass is 417 g/mol. The van der Waals surface area contributed by atoms with Crippen molar-refractivity contribution in [1.82, 2.24) is 4.98 Å². The number of H-pyrrole nitrogens is 1. The van der Waals surface area contributed by atoms with E-state index in [1.54, 1.807) is 12.1 Å². The van der Waals surface area contributed by atoms with Gasteiger partial charge < -0.3 is 4.98 Å². The zero-order valence-corrected chi connectivity index (χ0v) is 14.7. The van der Waals surface area contributed by atoms with Crippen LogP contribution in [0.15, 0.2) is 56.9 Å². The minimum absolute atomic E-state index is 0.0579. The number of sulfone groups is 1. The normalized spacial score (nSPS) is 12.7. The van der Waals surface area contributed by atoms with Crippen LogP contribution in [-0.4, -0.2) is 13.4 Å². The highest BCUT2D eigenvalue weighted by atomic mass is 79.9. The first-order valence-electron chi connectivity index (χ1n) is 6.81. The molecule has 8 heteroatoms. The first-order chi connectivity index (χ1) is 11.1. The highest BCUT2D eigenvalue weighted by Gasteiger charge is 2.31. The highest BCUT2D eigenvalue weighted by Crippen LogP contribution is 2.35. The van der Waals surface area contributed by atoms with Gasteiger partial charge in [-0.3, -0.25) is 0 Å². The summed E-state index contributed by atoms with van der Waals surface area (Å²) in [5.74, 6) is 0. The largest absolute Gasteiger partial charge is 0.416 e. The van der Waals surface area contributed by atoms with Crippen LogP contribution >= 0.6 is 15.9 Å². The summed E-state index contributed by atoms with van der Waals surface area (Å²) in [6.45, 7) is 1.49. The predicted octanol–water partition coefficient (Wildman–Crippen LogP) is 5.09. The molecule has 3 nitrogen and oxygen atoms in total. The van der Waals surface area contributed by atoms with Gasteiger partial charge in [0.15, 0.2) is 0 Å². The summed E-state index contributed by atoms with van der Waals surface area (Å²) in [7, 11) is -3.87. The molecule has 2 aromatic carbocycles. The zero-order valence-electron chi connectivity index (χ0n) is 12.3. The number of halogens is 4. The van der Waals surface area contributed by atoms with E-state index in [-0.39, 0.29) is 20.9 Å². The van der Waals surface area contributed by atoms with Gasteiger partial charge >= 0.3 is 6.18 Å². The van der Waals surface area contributed by atoms with Gasteiger partial charge in [0, 0.05) is 15.4 Å². The summed E-state index contributed by atoms with van der Waals surface area (Å²) in [6.07, 6.45) is -4.48. The molecule has 126 valence electrons. The number of alkyl halides is 3. The Balaban J connectivity index is 2.22. The molecule has 1 heterocycles. The first-order valence-corrected chi connectivity index (χ1v) is 9.08. The molecule has 0 spiro atoms. The molecule has 3 rings (SSSR count). The van der Waals surface area contributed by atoms with Gasteiger partial charge in [-0.25, -0.2) is 8.42 Å². The molecule has 0 atom stereocenters. The van der Waals surface area contributed by atoms with Crippen LogP contribution in [0.25, 0.3) is 10.9 Å². The summed E-state index contributed by atoms with van der Waals surface area (Å²) in [5.41, 5.74) is -0.214. The Morgan fingerprint density at radius 1 is 1.08 bits per heavy atom. The van der Waals surface area contributed by atoms with E-state index in [0.29, 0.717) is 9.99 Å². The molecule has 24 heavy (non-hydrogen) atoms. The molecular weight excluding hydrogens is 407 g/mol. The van der Waals surface area contributed by atoms with Crippen LogP contribution in [0.1, 0.15) is 11.1 Å². The maximum atomic E-state index is 12.9. The Labute approximate surface area is 144 Å². The number of hydrogen-bond acceptors (Lipinski definition) is 2. The van der Waals surface area contributed by atoms with Gasteiger partial charge in [-0.15, -0.1) is 0 Å². The van der Waals surface area contributed by atoms with Crippen molar-refractivity contribution in [1.29, 1.82) is 0 Å². The molecule has 0 aliphatic heterocycles. The highest BCUT2D eigenvalue weighted by molar-refractivity contribution is 9.10. The van der Waals surface area contributed by atoms with Gasteiger partial charge in [-0.05, 0) is 48.9 Å². The lowest BCUT2D eigenvalue weighted by Crippen LogP contribution is -2.04. The molecule has 0 unspecified atom stereocenters. The maximum absolute atomic E-state index is 12.9. The Morgan fingerprint density at radius 3 is 2.42 bits per heavy atom. The predicted molar refractivity (Wildman–Crippen MR) is 87.6 cm³/mol. The Kier molecular flexibility index (Phi) is 4.00. The lowest BCUT2D eigenvalue weighted by atomic mass is 10.1. The fourth-order valence-corrected chi connectivity index (χ4v) is 4.58. The number of hydrogen-bond donors (Lipinski definition) is 1. The second-order valence-corrected chi connectivity index (χ2v) is 8.10. The summed E-state index contributed by atoms with van der Waals surface area (Å²) in [4.78, 5) is 2.79. The molecule has 0 fully saturated rings. The Morgan fingerprint density at radius 2 is 1.79 bits per heavy atom. The third-order valence-corrected chi connectivity index (χ3v) is 6.03. The van der Waals surface area contributed by atoms with Crippen molar-refractivity contribution in [3.05, 3.63) is 58.1 Å². The average Bonchev–Trinajstić information content (AvgIpc) is 2.84. The molecule has 0 aliphatic carbocycles. The molecule has 1 aromatic heterocycles. The van der Waals surface area contributed by atoms with E-state index in [1.807, 2.05) is 0 Å². The Bertz CT molecular complexity index is 1040. The quantitative estimate of drug-likeness (QED) is 0.631. The van der Waals surface area contributed by atoms with E-state index in [0.717, 1.165) is 12.1 Å². The summed E-state index contributed by atoms with van der Waals surface area (Å²) in [5, 5.41) is 0.133. The van der Waals surface area contributed by atoms with Crippen LogP contribution in [0, 0.1) is 6.92 Å². The minimum Gasteiger partial charge on any atom is -0.345 e. The standard InChI is InChI=1S/C16H11BrF3NO2S/c1-9-13-7-10(16(18,19)20)5-6-14(13)21-15(9)24(22,23)12-4-2-3-11(17)8-12/h2-8,21H,1H3. The molecule has 1 N–H and O–H groups in total. The minimum atomic E-state index is -4.48. The second kappa shape index (κ2) is 5.63. The van der Waals surface area contributed by atoms with Gasteiger partial charge in [0.1, 0.15) is 5.03 Å². The van der Waals surface area contributed by atoms with Gasteiger partial charge in [0.05, 0.1) is 10.5 Å². The van der Waals surface area contributed by atoms with Crippen LogP contribution < -0.4 is 0 Å². The first kappa shape index (κ1) is 17.0. The fourth-order valence-electron chi connectivity index (χ4n) is 2.50. The van der Waals surface area contributed by atoms with Crippen molar-refractivity contribution in [2.45, 2.75) is 23.0 Å². The van der Waals surface area contributed by atoms with Gasteiger partial charge in [0.2, 0.25) is 9.84 Å². The van der Waals surface area contributed by atoms with Crippen molar-refractivity contribution < 1.29 is 21.6 Å². The third kappa shape index (κ3) is 2.84. The van der Waals surface area contributed by atoms with Gasteiger partial charge in [-0.1, -0.05) is 22.0 Å². The average molecular weight is 418 g/mol. The van der Waals surface area contributed by atoms with Crippen LogP contribution in [-0.2, 0) is 16.0 Å². The fraction of sp³-hybridized carbons (Fsp3) is 0.125. The molecule has 0 bridgehead atoms. The van der Waals surface area contributed by atoms with Crippen LogP contribution in [0.4, 0.5) is 13.2 Å². The van der Waals surface area contributed by atoms with E-state index in [2.05, 4.69) is 20.9 Å². The molecule has 0 saturated heterocycles. The number of fused-ring (bicyclic) bond motifs is 1. The molecule has 0 amide bonds. The van der Waals surface area contributed by atoms with E-state index in [1.165, 1.54) is 25.1 Å². The van der Waals surface area contributed by atoms with Gasteiger partial charge in [-0.2, -0.15) is 13.2 Å². The van der Waals surface area contributed by atoms with E-state index in [9.17, 15) is 21.6 Å². The molecule has 0 radical (unpaired) electrons. The maximum Gasteiger partial charge on any atom is 0.416 e. The van der Waals surface area contributed by atoms with E-state index < -0.39 is 21.6 Å². The van der Waals surface area contributed by atoms with Gasteiger partial charge in [0.25, 0.3) is 0 Å². The van der Waals surface area contributed by atoms with Crippen molar-refractivity contribution in [3.63, 3.8) is 0 Å². The second-order valence-electron chi connectivity index (χ2n) is 5.30. The topological polar surface area (TPSA) is 49.9 Å². The summed E-state index contributed by atoms with van der Waals surface area (Å²) in [6, 6.07) is 9.27. The van der Waals surface area contributed by atoms with Crippen molar-refractivity contribution >= 4 is 36.7 Å². The number of nitrogens with one attached hydrogen (secondary N) is 1. The van der Waals surface area contributed by atoms with Crippen molar-refractivity contribution in [3.8, 4) is 0 Å². The smallest absolute Gasteiger partial charge is 0.345 e. The van der Waals surface area contributed by atoms with Crippen LogP contribution in [0.3, 0.4) is 0 Å². The molecule has 0 aliphatic rings. The number of benzene rings is 2. The lowest BCUT2D eigenvalue weighted by molar-refractivity contribution is -0.137. The summed E-state index contributed by atoms with van der Waals surface area (Å²) >= 11 is 3.21.